The molecule has 11 heteroatoms. The van der Waals surface area contributed by atoms with Crippen molar-refractivity contribution in [2.45, 2.75) is 35.7 Å². The van der Waals surface area contributed by atoms with Crippen molar-refractivity contribution in [1.29, 1.82) is 0 Å². The molecule has 4 aliphatic heterocycles. The standard InChI is InChI=1S/C24H25N5O5S/c1-14(12-30)29-20-22(32)27(13-28-16-7-3-2-6-15(16)25-26-28)10-5-9-24(20)19(21(29)31)18-17(35-24)8-4-11-34-23(18)33/h2-9,14,17-20,30H,10-13H2,1H3/t14-,17-,18+,19+,20?,24+/m1/s1. The highest BCUT2D eigenvalue weighted by Gasteiger charge is 2.71. The number of aromatic nitrogens is 3. The molecule has 2 aromatic rings. The second kappa shape index (κ2) is 8.20. The molecule has 5 heterocycles. The molecular formula is C24H25N5O5S. The van der Waals surface area contributed by atoms with Crippen LogP contribution in [0.2, 0.25) is 0 Å². The third kappa shape index (κ3) is 3.17. The number of nitrogens with zero attached hydrogens (tertiary/aromatic N) is 5. The normalized spacial score (nSPS) is 32.8. The van der Waals surface area contributed by atoms with Crippen molar-refractivity contribution in [3.63, 3.8) is 0 Å². The Kier molecular flexibility index (Phi) is 5.22. The molecule has 0 aliphatic carbocycles. The summed E-state index contributed by atoms with van der Waals surface area (Å²) in [6, 6.07) is 6.06. The van der Waals surface area contributed by atoms with Crippen LogP contribution in [0.3, 0.4) is 0 Å². The maximum absolute atomic E-state index is 14.2. The van der Waals surface area contributed by atoms with Crippen molar-refractivity contribution in [2.24, 2.45) is 11.8 Å². The van der Waals surface area contributed by atoms with Crippen LogP contribution in [0.15, 0.2) is 48.6 Å². The number of aliphatic hydroxyl groups excluding tert-OH is 1. The fourth-order valence-corrected chi connectivity index (χ4v) is 7.82. The van der Waals surface area contributed by atoms with Crippen molar-refractivity contribution in [3.05, 3.63) is 48.6 Å². The first-order valence-corrected chi connectivity index (χ1v) is 12.5. The van der Waals surface area contributed by atoms with Gasteiger partial charge in [0, 0.05) is 11.8 Å². The van der Waals surface area contributed by atoms with Crippen LogP contribution in [0.25, 0.3) is 11.0 Å². The lowest BCUT2D eigenvalue weighted by atomic mass is 9.78. The largest absolute Gasteiger partial charge is 0.461 e. The number of thioether (sulfide) groups is 1. The first-order chi connectivity index (χ1) is 17.0. The number of aliphatic hydroxyl groups is 1. The minimum atomic E-state index is -0.938. The van der Waals surface area contributed by atoms with E-state index >= 15 is 0 Å². The predicted molar refractivity (Wildman–Crippen MR) is 127 cm³/mol. The van der Waals surface area contributed by atoms with Gasteiger partial charge in [0.25, 0.3) is 0 Å². The number of amides is 2. The number of hydrogen-bond donors (Lipinski definition) is 1. The van der Waals surface area contributed by atoms with Crippen LogP contribution in [-0.2, 0) is 25.8 Å². The fourth-order valence-electron chi connectivity index (χ4n) is 5.83. The maximum Gasteiger partial charge on any atom is 0.311 e. The number of carbonyl (C=O) groups is 3. The number of ether oxygens (including phenoxy) is 1. The van der Waals surface area contributed by atoms with Gasteiger partial charge >= 0.3 is 5.97 Å². The lowest BCUT2D eigenvalue weighted by Crippen LogP contribution is -2.56. The van der Waals surface area contributed by atoms with E-state index in [9.17, 15) is 19.5 Å². The number of esters is 1. The van der Waals surface area contributed by atoms with Crippen LogP contribution in [0.5, 0.6) is 0 Å². The van der Waals surface area contributed by atoms with Gasteiger partial charge in [-0.25, -0.2) is 4.68 Å². The molecule has 1 aromatic heterocycles. The lowest BCUT2D eigenvalue weighted by molar-refractivity contribution is -0.152. The molecule has 0 saturated carbocycles. The summed E-state index contributed by atoms with van der Waals surface area (Å²) in [4.78, 5) is 44.1. The van der Waals surface area contributed by atoms with Gasteiger partial charge in [0.2, 0.25) is 11.8 Å². The van der Waals surface area contributed by atoms with Crippen molar-refractivity contribution in [2.75, 3.05) is 19.8 Å². The van der Waals surface area contributed by atoms with Crippen molar-refractivity contribution in [3.8, 4) is 0 Å². The smallest absolute Gasteiger partial charge is 0.311 e. The zero-order chi connectivity index (χ0) is 24.3. The summed E-state index contributed by atoms with van der Waals surface area (Å²) in [7, 11) is 0. The summed E-state index contributed by atoms with van der Waals surface area (Å²) in [5.74, 6) is -2.40. The van der Waals surface area contributed by atoms with E-state index in [-0.39, 0.29) is 36.9 Å². The minimum Gasteiger partial charge on any atom is -0.461 e. The molecule has 2 amide bonds. The van der Waals surface area contributed by atoms with Crippen LogP contribution in [0, 0.1) is 11.8 Å². The molecule has 35 heavy (non-hydrogen) atoms. The first kappa shape index (κ1) is 22.3. The molecule has 1 spiro atoms. The van der Waals surface area contributed by atoms with E-state index in [1.54, 1.807) is 22.6 Å². The Balaban J connectivity index is 1.42. The van der Waals surface area contributed by atoms with Gasteiger partial charge in [-0.3, -0.25) is 14.4 Å². The van der Waals surface area contributed by atoms with Gasteiger partial charge in [0.15, 0.2) is 0 Å². The van der Waals surface area contributed by atoms with Crippen molar-refractivity contribution >= 4 is 40.6 Å². The Morgan fingerprint density at radius 2 is 2.06 bits per heavy atom. The number of fused-ring (bicyclic) bond motifs is 3. The quantitative estimate of drug-likeness (QED) is 0.484. The molecule has 1 N–H and O–H groups in total. The number of para-hydroxylation sites is 1. The van der Waals surface area contributed by atoms with E-state index < -0.39 is 34.6 Å². The van der Waals surface area contributed by atoms with E-state index in [4.69, 9.17) is 4.74 Å². The van der Waals surface area contributed by atoms with E-state index in [1.807, 2.05) is 42.5 Å². The Labute approximate surface area is 205 Å². The predicted octanol–water partition coefficient (Wildman–Crippen LogP) is 0.578. The summed E-state index contributed by atoms with van der Waals surface area (Å²) in [5, 5.41) is 18.1. The van der Waals surface area contributed by atoms with Crippen molar-refractivity contribution < 1.29 is 24.2 Å². The van der Waals surface area contributed by atoms with Gasteiger partial charge in [-0.1, -0.05) is 41.7 Å². The molecule has 6 atom stereocenters. The Hall–Kier alpha value is -3.18. The second-order valence-electron chi connectivity index (χ2n) is 9.36. The molecular weight excluding hydrogens is 470 g/mol. The average molecular weight is 496 g/mol. The van der Waals surface area contributed by atoms with E-state index in [2.05, 4.69) is 10.3 Å². The molecule has 1 unspecified atom stereocenters. The first-order valence-electron chi connectivity index (χ1n) is 11.6. The highest BCUT2D eigenvalue weighted by molar-refractivity contribution is 8.02. The van der Waals surface area contributed by atoms with E-state index in [1.165, 1.54) is 16.7 Å². The molecule has 0 bridgehead atoms. The molecule has 6 rings (SSSR count). The van der Waals surface area contributed by atoms with E-state index in [0.717, 1.165) is 11.0 Å². The highest BCUT2D eigenvalue weighted by Crippen LogP contribution is 2.61. The Morgan fingerprint density at radius 3 is 2.89 bits per heavy atom. The maximum atomic E-state index is 14.2. The zero-order valence-electron chi connectivity index (χ0n) is 19.1. The van der Waals surface area contributed by atoms with Gasteiger partial charge in [0.05, 0.1) is 34.7 Å². The summed E-state index contributed by atoms with van der Waals surface area (Å²) in [5.41, 5.74) is 1.53. The van der Waals surface area contributed by atoms with Crippen LogP contribution in [0.4, 0.5) is 0 Å². The molecule has 0 radical (unpaired) electrons. The number of carbonyl (C=O) groups excluding carboxylic acids is 3. The average Bonchev–Trinajstić information content (AvgIpc) is 3.41. The van der Waals surface area contributed by atoms with Gasteiger partial charge in [-0.2, -0.15) is 0 Å². The van der Waals surface area contributed by atoms with Crippen LogP contribution >= 0.6 is 11.8 Å². The van der Waals surface area contributed by atoms with Gasteiger partial charge in [-0.15, -0.1) is 16.9 Å². The monoisotopic (exact) mass is 495 g/mol. The number of benzene rings is 1. The summed E-state index contributed by atoms with van der Waals surface area (Å²) < 4.78 is 6.09. The van der Waals surface area contributed by atoms with E-state index in [0.29, 0.717) is 6.54 Å². The zero-order valence-corrected chi connectivity index (χ0v) is 19.9. The highest BCUT2D eigenvalue weighted by atomic mass is 32.2. The minimum absolute atomic E-state index is 0.163. The van der Waals surface area contributed by atoms with Gasteiger partial charge < -0.3 is 19.6 Å². The molecule has 2 fully saturated rings. The molecule has 4 aliphatic rings. The lowest BCUT2D eigenvalue weighted by Gasteiger charge is -2.37. The molecule has 1 aromatic carbocycles. The number of cyclic esters (lactones) is 1. The summed E-state index contributed by atoms with van der Waals surface area (Å²) in [6.45, 7) is 2.09. The van der Waals surface area contributed by atoms with Crippen LogP contribution < -0.4 is 0 Å². The number of rotatable bonds is 4. The number of hydrogen-bond acceptors (Lipinski definition) is 8. The SMILES string of the molecule is C[C@H](CO)N1C(=O)[C@@H]2[C@H]3C(=O)OCC=C[C@H]3S[C@@]23C=CCN(Cn2nnc4ccccc42)C(=O)C13. The fraction of sp³-hybridized carbons (Fsp3) is 0.458. The Bertz CT molecular complexity index is 1280. The van der Waals surface area contributed by atoms with Crippen LogP contribution in [-0.4, -0.2) is 89.5 Å². The molecule has 2 saturated heterocycles. The van der Waals surface area contributed by atoms with Crippen LogP contribution in [0.1, 0.15) is 6.92 Å². The Morgan fingerprint density at radius 1 is 1.23 bits per heavy atom. The van der Waals surface area contributed by atoms with Gasteiger partial charge in [-0.05, 0) is 19.1 Å². The third-order valence-corrected chi connectivity index (χ3v) is 9.14. The summed E-state index contributed by atoms with van der Waals surface area (Å²) in [6.07, 6.45) is 7.55. The topological polar surface area (TPSA) is 118 Å². The molecule has 182 valence electrons. The number of likely N-dealkylation sites (tertiary alicyclic amines) is 1. The summed E-state index contributed by atoms with van der Waals surface area (Å²) >= 11 is 1.48. The second-order valence-corrected chi connectivity index (χ2v) is 10.8. The van der Waals surface area contributed by atoms with Gasteiger partial charge in [0.1, 0.15) is 24.8 Å². The molecule has 10 nitrogen and oxygen atoms in total. The van der Waals surface area contributed by atoms with Crippen molar-refractivity contribution in [1.82, 2.24) is 24.8 Å². The third-order valence-electron chi connectivity index (χ3n) is 7.40.